The normalized spacial score (nSPS) is 13.9. The van der Waals surface area contributed by atoms with Crippen molar-refractivity contribution < 1.29 is 0 Å². The Bertz CT molecular complexity index is 2030. The van der Waals surface area contributed by atoms with Crippen molar-refractivity contribution in [3.8, 4) is 0 Å². The van der Waals surface area contributed by atoms with Crippen LogP contribution in [0.2, 0.25) is 0 Å². The molecule has 0 unspecified atom stereocenters. The van der Waals surface area contributed by atoms with E-state index in [1.54, 1.807) is 0 Å². The van der Waals surface area contributed by atoms with Crippen LogP contribution in [0, 0.1) is 83.1 Å². The molecule has 2 nitrogen and oxygen atoms in total. The number of rotatable bonds is 8. The molecule has 0 spiro atoms. The van der Waals surface area contributed by atoms with Crippen molar-refractivity contribution in [3.63, 3.8) is 0 Å². The molecule has 1 aliphatic carbocycles. The standard InChI is InChI=1S/C54H62N2/c1-34-26-38(5)50(39(6)27-34)55(51-40(7)28-35(2)29-41(51)8)48-20-16-46(17-21-48)54(24-14-13-15-25-54)47-18-22-49(23-19-47)56(52-42(9)30-36(3)31-43(52)10)53-44(11)32-37(4)33-45(53)12/h16-23,26-33H,13-15,24-25H2,1-12H3. The van der Waals surface area contributed by atoms with Gasteiger partial charge in [0, 0.05) is 16.8 Å². The van der Waals surface area contributed by atoms with Crippen LogP contribution in [0.5, 0.6) is 0 Å². The molecule has 0 aromatic heterocycles. The fourth-order valence-electron chi connectivity index (χ4n) is 10.6. The van der Waals surface area contributed by atoms with E-state index in [9.17, 15) is 0 Å². The van der Waals surface area contributed by atoms with Crippen LogP contribution in [-0.4, -0.2) is 0 Å². The van der Waals surface area contributed by atoms with Crippen LogP contribution in [0.1, 0.15) is 110 Å². The quantitative estimate of drug-likeness (QED) is 0.153. The van der Waals surface area contributed by atoms with E-state index in [1.165, 1.54) is 131 Å². The Morgan fingerprint density at radius 1 is 0.321 bits per heavy atom. The monoisotopic (exact) mass is 738 g/mol. The summed E-state index contributed by atoms with van der Waals surface area (Å²) >= 11 is 0. The first kappa shape index (κ1) is 39.2. The largest absolute Gasteiger partial charge is 0.309 e. The van der Waals surface area contributed by atoms with Crippen molar-refractivity contribution in [1.82, 2.24) is 0 Å². The molecule has 288 valence electrons. The molecule has 1 aliphatic rings. The van der Waals surface area contributed by atoms with Crippen molar-refractivity contribution in [3.05, 3.63) is 175 Å². The minimum Gasteiger partial charge on any atom is -0.309 e. The van der Waals surface area contributed by atoms with E-state index >= 15 is 0 Å². The average molecular weight is 739 g/mol. The summed E-state index contributed by atoms with van der Waals surface area (Å²) < 4.78 is 0. The van der Waals surface area contributed by atoms with Crippen LogP contribution < -0.4 is 9.80 Å². The molecule has 7 rings (SSSR count). The minimum atomic E-state index is -0.0261. The maximum absolute atomic E-state index is 2.53. The van der Waals surface area contributed by atoms with E-state index in [2.05, 4.69) is 190 Å². The molecule has 0 heterocycles. The summed E-state index contributed by atoms with van der Waals surface area (Å²) in [5, 5.41) is 0. The summed E-state index contributed by atoms with van der Waals surface area (Å²) in [6, 6.07) is 38.0. The third-order valence-corrected chi connectivity index (χ3v) is 12.5. The van der Waals surface area contributed by atoms with Crippen LogP contribution in [0.4, 0.5) is 34.1 Å². The van der Waals surface area contributed by atoms with Gasteiger partial charge in [-0.1, -0.05) is 114 Å². The lowest BCUT2D eigenvalue weighted by atomic mass is 9.65. The van der Waals surface area contributed by atoms with Crippen LogP contribution in [0.3, 0.4) is 0 Å². The van der Waals surface area contributed by atoms with Gasteiger partial charge in [-0.3, -0.25) is 0 Å². The highest BCUT2D eigenvalue weighted by atomic mass is 15.2. The van der Waals surface area contributed by atoms with Crippen molar-refractivity contribution in [2.45, 2.75) is 121 Å². The van der Waals surface area contributed by atoms with E-state index in [0.717, 1.165) is 12.8 Å². The molecule has 1 saturated carbocycles. The van der Waals surface area contributed by atoms with Crippen LogP contribution in [-0.2, 0) is 5.41 Å². The van der Waals surface area contributed by atoms with Crippen molar-refractivity contribution in [1.29, 1.82) is 0 Å². The lowest BCUT2D eigenvalue weighted by Crippen LogP contribution is -2.30. The third kappa shape index (κ3) is 7.20. The molecule has 0 saturated heterocycles. The molecule has 1 fully saturated rings. The summed E-state index contributed by atoms with van der Waals surface area (Å²) in [5.41, 5.74) is 26.0. The van der Waals surface area contributed by atoms with Gasteiger partial charge in [-0.2, -0.15) is 0 Å². The highest BCUT2D eigenvalue weighted by Gasteiger charge is 2.36. The predicted octanol–water partition coefficient (Wildman–Crippen LogP) is 15.6. The number of anilines is 6. The number of hydrogen-bond donors (Lipinski definition) is 0. The molecule has 56 heavy (non-hydrogen) atoms. The molecule has 0 amide bonds. The smallest absolute Gasteiger partial charge is 0.0520 e. The van der Waals surface area contributed by atoms with Crippen molar-refractivity contribution in [2.24, 2.45) is 0 Å². The number of nitrogens with zero attached hydrogens (tertiary/aromatic N) is 2. The first-order valence-corrected chi connectivity index (χ1v) is 20.8. The lowest BCUT2D eigenvalue weighted by molar-refractivity contribution is 0.346. The van der Waals surface area contributed by atoms with Gasteiger partial charge in [-0.05, 0) is 176 Å². The minimum absolute atomic E-state index is 0.0261. The molecule has 0 atom stereocenters. The Morgan fingerprint density at radius 2 is 0.554 bits per heavy atom. The Kier molecular flexibility index (Phi) is 10.8. The first-order chi connectivity index (χ1) is 26.7. The molecule has 0 aliphatic heterocycles. The van der Waals surface area contributed by atoms with Crippen molar-refractivity contribution >= 4 is 34.1 Å². The van der Waals surface area contributed by atoms with Gasteiger partial charge >= 0.3 is 0 Å². The van der Waals surface area contributed by atoms with Gasteiger partial charge in [0.2, 0.25) is 0 Å². The summed E-state index contributed by atoms with van der Waals surface area (Å²) in [4.78, 5) is 5.05. The summed E-state index contributed by atoms with van der Waals surface area (Å²) in [6.07, 6.45) is 6.12. The van der Waals surface area contributed by atoms with Crippen LogP contribution in [0.15, 0.2) is 97.1 Å². The van der Waals surface area contributed by atoms with E-state index in [4.69, 9.17) is 0 Å². The molecule has 6 aromatic rings. The zero-order valence-electron chi connectivity index (χ0n) is 36.2. The van der Waals surface area contributed by atoms with E-state index in [-0.39, 0.29) is 5.41 Å². The maximum Gasteiger partial charge on any atom is 0.0520 e. The molecule has 0 N–H and O–H groups in total. The maximum atomic E-state index is 2.53. The van der Waals surface area contributed by atoms with Crippen molar-refractivity contribution in [2.75, 3.05) is 9.80 Å². The van der Waals surface area contributed by atoms with Gasteiger partial charge in [0.15, 0.2) is 0 Å². The number of benzene rings is 6. The van der Waals surface area contributed by atoms with E-state index in [1.807, 2.05) is 0 Å². The fourth-order valence-corrected chi connectivity index (χ4v) is 10.6. The molecule has 6 aromatic carbocycles. The van der Waals surface area contributed by atoms with Gasteiger partial charge in [0.05, 0.1) is 22.7 Å². The molecular weight excluding hydrogens is 677 g/mol. The van der Waals surface area contributed by atoms with Gasteiger partial charge < -0.3 is 9.80 Å². The van der Waals surface area contributed by atoms with Gasteiger partial charge in [-0.25, -0.2) is 0 Å². The van der Waals surface area contributed by atoms with Gasteiger partial charge in [0.1, 0.15) is 0 Å². The predicted molar refractivity (Wildman–Crippen MR) is 243 cm³/mol. The van der Waals surface area contributed by atoms with Crippen LogP contribution >= 0.6 is 0 Å². The van der Waals surface area contributed by atoms with Gasteiger partial charge in [0.25, 0.3) is 0 Å². The second-order valence-corrected chi connectivity index (χ2v) is 17.4. The topological polar surface area (TPSA) is 6.48 Å². The lowest BCUT2D eigenvalue weighted by Gasteiger charge is -2.39. The summed E-state index contributed by atoms with van der Waals surface area (Å²) in [5.74, 6) is 0. The van der Waals surface area contributed by atoms with Crippen LogP contribution in [0.25, 0.3) is 0 Å². The highest BCUT2D eigenvalue weighted by molar-refractivity contribution is 5.85. The number of aryl methyl sites for hydroxylation is 12. The van der Waals surface area contributed by atoms with Gasteiger partial charge in [-0.15, -0.1) is 0 Å². The Hall–Kier alpha value is -5.08. The second kappa shape index (κ2) is 15.5. The Balaban J connectivity index is 1.34. The van der Waals surface area contributed by atoms with E-state index < -0.39 is 0 Å². The summed E-state index contributed by atoms with van der Waals surface area (Å²) in [7, 11) is 0. The number of hydrogen-bond acceptors (Lipinski definition) is 2. The third-order valence-electron chi connectivity index (χ3n) is 12.5. The zero-order chi connectivity index (χ0) is 40.1. The first-order valence-electron chi connectivity index (χ1n) is 20.8. The zero-order valence-corrected chi connectivity index (χ0v) is 36.2. The Labute approximate surface area is 338 Å². The highest BCUT2D eigenvalue weighted by Crippen LogP contribution is 2.49. The Morgan fingerprint density at radius 3 is 0.786 bits per heavy atom. The molecular formula is C54H62N2. The summed E-state index contributed by atoms with van der Waals surface area (Å²) in [6.45, 7) is 26.9. The molecule has 0 bridgehead atoms. The molecule has 2 heteroatoms. The second-order valence-electron chi connectivity index (χ2n) is 17.4. The molecule has 0 radical (unpaired) electrons. The van der Waals surface area contributed by atoms with E-state index in [0.29, 0.717) is 0 Å². The SMILES string of the molecule is Cc1cc(C)c(N(c2ccc(C3(c4ccc(N(c5c(C)cc(C)cc5C)c5c(C)cc(C)cc5C)cc4)CCCCC3)cc2)c2c(C)cc(C)cc2C)c(C)c1. The fraction of sp³-hybridized carbons (Fsp3) is 0.333. The average Bonchev–Trinajstić information content (AvgIpc) is 3.12.